The van der Waals surface area contributed by atoms with Crippen molar-refractivity contribution in [2.45, 2.75) is 39.0 Å². The van der Waals surface area contributed by atoms with Crippen LogP contribution in [0.15, 0.2) is 59.1 Å². The van der Waals surface area contributed by atoms with E-state index in [9.17, 15) is 4.79 Å². The Morgan fingerprint density at radius 3 is 2.47 bits per heavy atom. The number of nitrogens with zero attached hydrogens (tertiary/aromatic N) is 3. The lowest BCUT2D eigenvalue weighted by Crippen LogP contribution is -2.48. The summed E-state index contributed by atoms with van der Waals surface area (Å²) in [7, 11) is 0. The van der Waals surface area contributed by atoms with Crippen LogP contribution in [0.5, 0.6) is 0 Å². The van der Waals surface area contributed by atoms with Crippen molar-refractivity contribution in [1.29, 1.82) is 0 Å². The lowest BCUT2D eigenvalue weighted by atomic mass is 10.1. The fourth-order valence-corrected chi connectivity index (χ4v) is 3.65. The number of amides is 1. The number of benzene rings is 2. The summed E-state index contributed by atoms with van der Waals surface area (Å²) in [6.07, 6.45) is 0.750. The van der Waals surface area contributed by atoms with E-state index in [1.165, 1.54) is 0 Å². The van der Waals surface area contributed by atoms with Crippen LogP contribution in [0, 0.1) is 0 Å². The molecule has 0 bridgehead atoms. The van der Waals surface area contributed by atoms with Gasteiger partial charge in [0.2, 0.25) is 5.89 Å². The number of rotatable bonds is 6. The molecule has 2 atom stereocenters. The maximum absolute atomic E-state index is 12.8. The SMILES string of the molecule is CC1CN(C(=O)c2ccc(NCc3nc(Cc4ccccc4)no3)cc2)CC(C)O1. The van der Waals surface area contributed by atoms with E-state index in [-0.39, 0.29) is 18.1 Å². The predicted octanol–water partition coefficient (Wildman–Crippen LogP) is 3.52. The van der Waals surface area contributed by atoms with E-state index in [4.69, 9.17) is 9.26 Å². The average molecular weight is 406 g/mol. The van der Waals surface area contributed by atoms with Crippen molar-refractivity contribution in [3.8, 4) is 0 Å². The molecule has 1 aromatic heterocycles. The van der Waals surface area contributed by atoms with Crippen LogP contribution in [0.1, 0.15) is 41.5 Å². The molecule has 7 nitrogen and oxygen atoms in total. The van der Waals surface area contributed by atoms with E-state index in [0.717, 1.165) is 11.3 Å². The highest BCUT2D eigenvalue weighted by Gasteiger charge is 2.26. The minimum atomic E-state index is 0.0333. The standard InChI is InChI=1S/C23H26N4O3/c1-16-14-27(15-17(2)29-16)23(28)19-8-10-20(11-9-19)24-13-22-25-21(26-30-22)12-18-6-4-3-5-7-18/h3-11,16-17,24H,12-15H2,1-2H3. The molecule has 0 aliphatic carbocycles. The van der Waals surface area contributed by atoms with Gasteiger partial charge in [0.1, 0.15) is 0 Å². The van der Waals surface area contributed by atoms with Crippen molar-refractivity contribution < 1.29 is 14.1 Å². The Bertz CT molecular complexity index is 962. The molecule has 1 saturated heterocycles. The smallest absolute Gasteiger partial charge is 0.254 e. The number of hydrogen-bond acceptors (Lipinski definition) is 6. The van der Waals surface area contributed by atoms with Crippen LogP contribution in [-0.2, 0) is 17.7 Å². The second-order valence-corrected chi connectivity index (χ2v) is 7.67. The summed E-state index contributed by atoms with van der Waals surface area (Å²) < 4.78 is 11.0. The molecule has 1 aliphatic rings. The van der Waals surface area contributed by atoms with Crippen LogP contribution in [0.2, 0.25) is 0 Å². The highest BCUT2D eigenvalue weighted by Crippen LogP contribution is 2.17. The van der Waals surface area contributed by atoms with Gasteiger partial charge in [0.15, 0.2) is 5.82 Å². The van der Waals surface area contributed by atoms with Crippen LogP contribution >= 0.6 is 0 Å². The molecule has 30 heavy (non-hydrogen) atoms. The van der Waals surface area contributed by atoms with Crippen LogP contribution in [0.25, 0.3) is 0 Å². The summed E-state index contributed by atoms with van der Waals surface area (Å²) in [5.74, 6) is 1.22. The number of anilines is 1. The summed E-state index contributed by atoms with van der Waals surface area (Å²) in [4.78, 5) is 19.0. The quantitative estimate of drug-likeness (QED) is 0.675. The van der Waals surface area contributed by atoms with Gasteiger partial charge in [-0.15, -0.1) is 0 Å². The molecule has 3 aromatic rings. The fourth-order valence-electron chi connectivity index (χ4n) is 3.65. The number of hydrogen-bond donors (Lipinski definition) is 1. The van der Waals surface area contributed by atoms with Gasteiger partial charge in [-0.05, 0) is 43.7 Å². The summed E-state index contributed by atoms with van der Waals surface area (Å²) in [6, 6.07) is 17.5. The molecule has 1 N–H and O–H groups in total. The second kappa shape index (κ2) is 9.09. The van der Waals surface area contributed by atoms with Gasteiger partial charge >= 0.3 is 0 Å². The first-order chi connectivity index (χ1) is 14.6. The number of morpholine rings is 1. The lowest BCUT2D eigenvalue weighted by Gasteiger charge is -2.35. The molecule has 1 fully saturated rings. The fraction of sp³-hybridized carbons (Fsp3) is 0.348. The first kappa shape index (κ1) is 20.1. The minimum absolute atomic E-state index is 0.0333. The van der Waals surface area contributed by atoms with Gasteiger partial charge in [-0.1, -0.05) is 35.5 Å². The highest BCUT2D eigenvalue weighted by atomic mass is 16.5. The molecule has 1 aliphatic heterocycles. The first-order valence-corrected chi connectivity index (χ1v) is 10.2. The molecular weight excluding hydrogens is 380 g/mol. The number of ether oxygens (including phenoxy) is 1. The van der Waals surface area contributed by atoms with Gasteiger partial charge in [0.25, 0.3) is 5.91 Å². The number of nitrogens with one attached hydrogen (secondary N) is 1. The van der Waals surface area contributed by atoms with Gasteiger partial charge < -0.3 is 19.5 Å². The monoisotopic (exact) mass is 406 g/mol. The van der Waals surface area contributed by atoms with Crippen molar-refractivity contribution >= 4 is 11.6 Å². The zero-order valence-electron chi connectivity index (χ0n) is 17.2. The van der Waals surface area contributed by atoms with E-state index >= 15 is 0 Å². The van der Waals surface area contributed by atoms with E-state index in [1.807, 2.05) is 73.3 Å². The molecule has 0 saturated carbocycles. The molecule has 2 heterocycles. The normalized spacial score (nSPS) is 18.9. The van der Waals surface area contributed by atoms with Gasteiger partial charge in [-0.3, -0.25) is 4.79 Å². The second-order valence-electron chi connectivity index (χ2n) is 7.67. The largest absolute Gasteiger partial charge is 0.376 e. The van der Waals surface area contributed by atoms with E-state index in [0.29, 0.717) is 43.3 Å². The molecule has 2 unspecified atom stereocenters. The number of carbonyl (C=O) groups is 1. The Kier molecular flexibility index (Phi) is 6.09. The molecule has 7 heteroatoms. The summed E-state index contributed by atoms with van der Waals surface area (Å²) >= 11 is 0. The maximum atomic E-state index is 12.8. The van der Waals surface area contributed by atoms with Gasteiger partial charge in [0, 0.05) is 30.8 Å². The lowest BCUT2D eigenvalue weighted by molar-refractivity contribution is -0.0586. The van der Waals surface area contributed by atoms with Crippen molar-refractivity contribution in [1.82, 2.24) is 15.0 Å². The Morgan fingerprint density at radius 1 is 1.07 bits per heavy atom. The molecule has 4 rings (SSSR count). The molecular formula is C23H26N4O3. The van der Waals surface area contributed by atoms with E-state index in [2.05, 4.69) is 15.5 Å². The molecule has 0 spiro atoms. The number of carbonyl (C=O) groups excluding carboxylic acids is 1. The van der Waals surface area contributed by atoms with Crippen LogP contribution in [0.4, 0.5) is 5.69 Å². The van der Waals surface area contributed by atoms with Crippen LogP contribution in [0.3, 0.4) is 0 Å². The van der Waals surface area contributed by atoms with Gasteiger partial charge in [-0.25, -0.2) is 0 Å². The van der Waals surface area contributed by atoms with Crippen molar-refractivity contribution in [3.63, 3.8) is 0 Å². The third kappa shape index (κ3) is 5.04. The van der Waals surface area contributed by atoms with E-state index in [1.54, 1.807) is 0 Å². The summed E-state index contributed by atoms with van der Waals surface area (Å²) in [5, 5.41) is 7.30. The minimum Gasteiger partial charge on any atom is -0.376 e. The third-order valence-electron chi connectivity index (χ3n) is 5.00. The molecule has 0 radical (unpaired) electrons. The van der Waals surface area contributed by atoms with Crippen LogP contribution in [-0.4, -0.2) is 46.2 Å². The third-order valence-corrected chi connectivity index (χ3v) is 5.00. The van der Waals surface area contributed by atoms with E-state index < -0.39 is 0 Å². The highest BCUT2D eigenvalue weighted by molar-refractivity contribution is 5.94. The molecule has 156 valence electrons. The molecule has 2 aromatic carbocycles. The zero-order chi connectivity index (χ0) is 20.9. The Balaban J connectivity index is 1.31. The Hall–Kier alpha value is -3.19. The van der Waals surface area contributed by atoms with Crippen molar-refractivity contribution in [2.75, 3.05) is 18.4 Å². The summed E-state index contributed by atoms with van der Waals surface area (Å²) in [5.41, 5.74) is 2.70. The maximum Gasteiger partial charge on any atom is 0.254 e. The van der Waals surface area contributed by atoms with Gasteiger partial charge in [0.05, 0.1) is 18.8 Å². The van der Waals surface area contributed by atoms with Gasteiger partial charge in [-0.2, -0.15) is 4.98 Å². The average Bonchev–Trinajstić information content (AvgIpc) is 3.19. The Labute approximate surface area is 176 Å². The van der Waals surface area contributed by atoms with Crippen LogP contribution < -0.4 is 5.32 Å². The Morgan fingerprint density at radius 2 is 1.77 bits per heavy atom. The molecule has 1 amide bonds. The summed E-state index contributed by atoms with van der Waals surface area (Å²) in [6.45, 7) is 5.64. The first-order valence-electron chi connectivity index (χ1n) is 10.2. The van der Waals surface area contributed by atoms with Crippen molar-refractivity contribution in [3.05, 3.63) is 77.4 Å². The number of aromatic nitrogens is 2. The predicted molar refractivity (Wildman–Crippen MR) is 113 cm³/mol. The topological polar surface area (TPSA) is 80.5 Å². The zero-order valence-corrected chi connectivity index (χ0v) is 17.2. The van der Waals surface area contributed by atoms with Crippen molar-refractivity contribution in [2.24, 2.45) is 0 Å².